The zero-order valence-corrected chi connectivity index (χ0v) is 18.1. The van der Waals surface area contributed by atoms with E-state index in [-0.39, 0.29) is 10.9 Å². The molecule has 26 heavy (non-hydrogen) atoms. The number of amides is 1. The van der Waals surface area contributed by atoms with Crippen molar-refractivity contribution < 1.29 is 9.18 Å². The lowest BCUT2D eigenvalue weighted by molar-refractivity contribution is 0.0934. The predicted molar refractivity (Wildman–Crippen MR) is 116 cm³/mol. The van der Waals surface area contributed by atoms with Crippen molar-refractivity contribution >= 4 is 86.3 Å². The summed E-state index contributed by atoms with van der Waals surface area (Å²) in [6.07, 6.45) is -1.10. The fourth-order valence-corrected chi connectivity index (χ4v) is 2.77. The number of alkyl halides is 3. The van der Waals surface area contributed by atoms with Gasteiger partial charge in [-0.15, -0.1) is 0 Å². The van der Waals surface area contributed by atoms with E-state index in [1.807, 2.05) is 0 Å². The number of halogens is 5. The van der Waals surface area contributed by atoms with Gasteiger partial charge in [-0.05, 0) is 83.3 Å². The van der Waals surface area contributed by atoms with Gasteiger partial charge in [-0.1, -0.05) is 34.8 Å². The van der Waals surface area contributed by atoms with Crippen molar-refractivity contribution in [3.05, 3.63) is 63.5 Å². The zero-order valence-electron chi connectivity index (χ0n) is 12.9. The number of nitrogens with one attached hydrogen (secondary N) is 3. The Morgan fingerprint density at radius 2 is 1.62 bits per heavy atom. The highest BCUT2D eigenvalue weighted by Gasteiger charge is 2.34. The molecule has 138 valence electrons. The van der Waals surface area contributed by atoms with Gasteiger partial charge in [-0.25, -0.2) is 4.39 Å². The average Bonchev–Trinajstić information content (AvgIpc) is 2.56. The van der Waals surface area contributed by atoms with Crippen molar-refractivity contribution in [1.82, 2.24) is 10.6 Å². The number of hydrogen-bond acceptors (Lipinski definition) is 2. The van der Waals surface area contributed by atoms with Crippen molar-refractivity contribution in [3.63, 3.8) is 0 Å². The first-order chi connectivity index (χ1) is 12.1. The van der Waals surface area contributed by atoms with Crippen LogP contribution < -0.4 is 16.0 Å². The third-order valence-electron chi connectivity index (χ3n) is 3.09. The van der Waals surface area contributed by atoms with Gasteiger partial charge in [0.2, 0.25) is 3.79 Å². The summed E-state index contributed by atoms with van der Waals surface area (Å²) in [4.78, 5) is 12.4. The Morgan fingerprint density at radius 3 is 2.15 bits per heavy atom. The Bertz CT molecular complexity index is 785. The van der Waals surface area contributed by atoms with Crippen molar-refractivity contribution in [2.45, 2.75) is 9.96 Å². The van der Waals surface area contributed by atoms with E-state index in [9.17, 15) is 9.18 Å². The van der Waals surface area contributed by atoms with Crippen LogP contribution in [-0.2, 0) is 0 Å². The SMILES string of the molecule is O=C(NC(NC(=S)Nc1ccc(F)cc1)C(Cl)(Cl)Cl)c1ccc(I)cc1. The fourth-order valence-electron chi connectivity index (χ4n) is 1.85. The van der Waals surface area contributed by atoms with E-state index < -0.39 is 15.9 Å². The van der Waals surface area contributed by atoms with Crippen molar-refractivity contribution in [1.29, 1.82) is 0 Å². The molecule has 1 unspecified atom stereocenters. The highest BCUT2D eigenvalue weighted by Crippen LogP contribution is 2.29. The number of carbonyl (C=O) groups is 1. The van der Waals surface area contributed by atoms with E-state index >= 15 is 0 Å². The standard InChI is InChI=1S/C16H12Cl3FIN3OS/c17-16(18,19)14(23-13(25)9-1-5-11(21)6-2-9)24-15(26)22-12-7-3-10(20)4-8-12/h1-8,14H,(H,23,25)(H2,22,24,26). The summed E-state index contributed by atoms with van der Waals surface area (Å²) in [5, 5.41) is 8.22. The number of anilines is 1. The summed E-state index contributed by atoms with van der Waals surface area (Å²) < 4.78 is 12.1. The van der Waals surface area contributed by atoms with Gasteiger partial charge in [0.1, 0.15) is 12.0 Å². The average molecular weight is 547 g/mol. The van der Waals surface area contributed by atoms with Crippen LogP contribution in [0.25, 0.3) is 0 Å². The van der Waals surface area contributed by atoms with Crippen LogP contribution in [0.5, 0.6) is 0 Å². The quantitative estimate of drug-likeness (QED) is 0.222. The topological polar surface area (TPSA) is 53.2 Å². The molecule has 0 fully saturated rings. The molecule has 10 heteroatoms. The molecule has 0 saturated carbocycles. The summed E-state index contributed by atoms with van der Waals surface area (Å²) in [6.45, 7) is 0. The second-order valence-corrected chi connectivity index (χ2v) is 9.08. The zero-order chi connectivity index (χ0) is 19.3. The van der Waals surface area contributed by atoms with Crippen LogP contribution in [0.3, 0.4) is 0 Å². The number of carbonyl (C=O) groups excluding carboxylic acids is 1. The Kier molecular flexibility index (Phi) is 7.72. The van der Waals surface area contributed by atoms with Gasteiger partial charge in [0.05, 0.1) is 0 Å². The Hall–Kier alpha value is -0.870. The minimum absolute atomic E-state index is 0.0934. The number of benzene rings is 2. The smallest absolute Gasteiger partial charge is 0.252 e. The Labute approximate surface area is 183 Å². The minimum Gasteiger partial charge on any atom is -0.339 e. The molecule has 0 aliphatic rings. The Morgan fingerprint density at radius 1 is 1.04 bits per heavy atom. The van der Waals surface area contributed by atoms with Gasteiger partial charge in [-0.3, -0.25) is 4.79 Å². The number of hydrogen-bond donors (Lipinski definition) is 3. The molecule has 1 atom stereocenters. The van der Waals surface area contributed by atoms with Crippen LogP contribution in [0.1, 0.15) is 10.4 Å². The van der Waals surface area contributed by atoms with Gasteiger partial charge >= 0.3 is 0 Å². The lowest BCUT2D eigenvalue weighted by Gasteiger charge is -2.27. The molecule has 2 rings (SSSR count). The second-order valence-electron chi connectivity index (χ2n) is 5.06. The lowest BCUT2D eigenvalue weighted by atomic mass is 10.2. The summed E-state index contributed by atoms with van der Waals surface area (Å²) in [7, 11) is 0. The van der Waals surface area contributed by atoms with E-state index in [1.165, 1.54) is 24.3 Å². The normalized spacial score (nSPS) is 12.2. The molecule has 4 nitrogen and oxygen atoms in total. The molecular weight excluding hydrogens is 535 g/mol. The maximum atomic E-state index is 12.9. The predicted octanol–water partition coefficient (Wildman–Crippen LogP) is 4.84. The van der Waals surface area contributed by atoms with Crippen molar-refractivity contribution in [2.24, 2.45) is 0 Å². The largest absolute Gasteiger partial charge is 0.339 e. The van der Waals surface area contributed by atoms with Gasteiger partial charge < -0.3 is 16.0 Å². The van der Waals surface area contributed by atoms with Crippen LogP contribution in [0.15, 0.2) is 48.5 Å². The maximum absolute atomic E-state index is 12.9. The van der Waals surface area contributed by atoms with E-state index in [1.54, 1.807) is 24.3 Å². The first-order valence-corrected chi connectivity index (χ1v) is 9.73. The molecule has 0 spiro atoms. The minimum atomic E-state index is -1.87. The van der Waals surface area contributed by atoms with Crippen LogP contribution >= 0.6 is 69.6 Å². The summed E-state index contributed by atoms with van der Waals surface area (Å²) in [5.74, 6) is -0.812. The monoisotopic (exact) mass is 545 g/mol. The molecule has 2 aromatic rings. The van der Waals surface area contributed by atoms with Crippen LogP contribution in [0.2, 0.25) is 0 Å². The van der Waals surface area contributed by atoms with Crippen molar-refractivity contribution in [2.75, 3.05) is 5.32 Å². The first-order valence-electron chi connectivity index (χ1n) is 7.11. The van der Waals surface area contributed by atoms with E-state index in [0.717, 1.165) is 3.57 Å². The summed E-state index contributed by atoms with van der Waals surface area (Å²) in [6, 6.07) is 12.4. The third-order valence-corrected chi connectivity index (χ3v) is 4.68. The van der Waals surface area contributed by atoms with Gasteiger partial charge in [0, 0.05) is 14.8 Å². The van der Waals surface area contributed by atoms with E-state index in [4.69, 9.17) is 47.0 Å². The highest BCUT2D eigenvalue weighted by atomic mass is 127. The molecule has 1 amide bonds. The first kappa shape index (κ1) is 21.4. The summed E-state index contributed by atoms with van der Waals surface area (Å²) in [5.41, 5.74) is 0.944. The molecule has 0 bridgehead atoms. The van der Waals surface area contributed by atoms with Crippen LogP contribution in [-0.4, -0.2) is 21.0 Å². The molecule has 3 N–H and O–H groups in total. The van der Waals surface area contributed by atoms with Gasteiger partial charge in [-0.2, -0.15) is 0 Å². The molecule has 0 heterocycles. The molecular formula is C16H12Cl3FIN3OS. The Balaban J connectivity index is 2.04. The summed E-state index contributed by atoms with van der Waals surface area (Å²) >= 11 is 25.1. The fraction of sp³-hybridized carbons (Fsp3) is 0.125. The molecule has 0 aliphatic heterocycles. The maximum Gasteiger partial charge on any atom is 0.252 e. The number of rotatable bonds is 4. The van der Waals surface area contributed by atoms with E-state index in [2.05, 4.69) is 38.5 Å². The molecule has 0 aromatic heterocycles. The lowest BCUT2D eigenvalue weighted by Crippen LogP contribution is -2.56. The second kappa shape index (κ2) is 9.36. The molecule has 0 radical (unpaired) electrons. The van der Waals surface area contributed by atoms with Gasteiger partial charge in [0.15, 0.2) is 5.11 Å². The van der Waals surface area contributed by atoms with Crippen LogP contribution in [0, 0.1) is 9.39 Å². The number of thiocarbonyl (C=S) groups is 1. The van der Waals surface area contributed by atoms with Crippen LogP contribution in [0.4, 0.5) is 10.1 Å². The highest BCUT2D eigenvalue weighted by molar-refractivity contribution is 14.1. The molecule has 0 saturated heterocycles. The molecule has 0 aliphatic carbocycles. The van der Waals surface area contributed by atoms with E-state index in [0.29, 0.717) is 11.3 Å². The van der Waals surface area contributed by atoms with Crippen molar-refractivity contribution in [3.8, 4) is 0 Å². The molecule has 2 aromatic carbocycles. The third kappa shape index (κ3) is 6.70. The van der Waals surface area contributed by atoms with Gasteiger partial charge in [0.25, 0.3) is 5.91 Å².